The Bertz CT molecular complexity index is 981. The van der Waals surface area contributed by atoms with Gasteiger partial charge in [-0.1, -0.05) is 71.1 Å². The fourth-order valence-corrected chi connectivity index (χ4v) is 3.52. The maximum Gasteiger partial charge on any atom is 0.114 e. The van der Waals surface area contributed by atoms with Crippen molar-refractivity contribution in [2.24, 2.45) is 0 Å². The Morgan fingerprint density at radius 1 is 0.633 bits per heavy atom. The van der Waals surface area contributed by atoms with E-state index in [1.54, 1.807) is 0 Å². The third-order valence-corrected chi connectivity index (χ3v) is 4.87. The summed E-state index contributed by atoms with van der Waals surface area (Å²) in [7, 11) is 3.82. The van der Waals surface area contributed by atoms with Crippen molar-refractivity contribution in [2.75, 3.05) is 14.1 Å². The van der Waals surface area contributed by atoms with Crippen molar-refractivity contribution in [1.82, 2.24) is 40.6 Å². The van der Waals surface area contributed by atoms with Crippen LogP contribution in [0, 0.1) is 0 Å². The van der Waals surface area contributed by atoms with E-state index in [1.165, 1.54) is 0 Å². The Labute approximate surface area is 175 Å². The molecule has 30 heavy (non-hydrogen) atoms. The van der Waals surface area contributed by atoms with Gasteiger partial charge in [0, 0.05) is 13.1 Å². The molecule has 0 aliphatic heterocycles. The maximum atomic E-state index is 4.47. The van der Waals surface area contributed by atoms with Crippen LogP contribution in [-0.4, -0.2) is 44.1 Å². The molecule has 0 radical (unpaired) electrons. The molecule has 0 aliphatic carbocycles. The van der Waals surface area contributed by atoms with Gasteiger partial charge in [-0.05, 0) is 25.2 Å². The van der Waals surface area contributed by atoms with E-state index in [9.17, 15) is 0 Å². The van der Waals surface area contributed by atoms with Gasteiger partial charge in [-0.15, -0.1) is 10.2 Å². The lowest BCUT2D eigenvalue weighted by molar-refractivity contribution is 0.630. The van der Waals surface area contributed by atoms with Gasteiger partial charge in [-0.25, -0.2) is 9.36 Å². The quantitative estimate of drug-likeness (QED) is 0.446. The summed E-state index contributed by atoms with van der Waals surface area (Å²) in [6, 6.07) is 20.6. The molecule has 2 N–H and O–H groups in total. The van der Waals surface area contributed by atoms with Crippen LogP contribution in [0.25, 0.3) is 11.4 Å². The van der Waals surface area contributed by atoms with Crippen LogP contribution in [0.1, 0.15) is 22.5 Å². The molecule has 2 aromatic heterocycles. The van der Waals surface area contributed by atoms with Crippen LogP contribution in [0.15, 0.2) is 60.7 Å². The van der Waals surface area contributed by atoms with E-state index >= 15 is 0 Å². The summed E-state index contributed by atoms with van der Waals surface area (Å²) in [4.78, 5) is 0. The number of hydrogen-bond acceptors (Lipinski definition) is 6. The molecule has 0 saturated carbocycles. The summed E-state index contributed by atoms with van der Waals surface area (Å²) in [6.07, 6.45) is 0. The molecule has 2 heterocycles. The van der Waals surface area contributed by atoms with Crippen LogP contribution < -0.4 is 10.6 Å². The Balaban J connectivity index is 1.81. The first-order valence-corrected chi connectivity index (χ1v) is 10.0. The average molecular weight is 403 g/mol. The van der Waals surface area contributed by atoms with Crippen molar-refractivity contribution in [3.8, 4) is 11.4 Å². The predicted molar refractivity (Wildman–Crippen MR) is 116 cm³/mol. The molecule has 154 valence electrons. The first-order chi connectivity index (χ1) is 14.8. The van der Waals surface area contributed by atoms with Crippen molar-refractivity contribution in [1.29, 1.82) is 0 Å². The Hall–Kier alpha value is -3.36. The first kappa shape index (κ1) is 19.9. The van der Waals surface area contributed by atoms with E-state index in [2.05, 4.69) is 55.5 Å². The standard InChI is InChI=1S/C22H26N8/c1-23-13-19-21(29(27-25-19)15-17-9-5-3-6-10-17)22-20(14-24-2)26-28-30(22)16-18-11-7-4-8-12-18/h3-12,23-24H,13-16H2,1-2H3. The second-order valence-electron chi connectivity index (χ2n) is 7.12. The largest absolute Gasteiger partial charge is 0.314 e. The highest BCUT2D eigenvalue weighted by Gasteiger charge is 2.23. The summed E-state index contributed by atoms with van der Waals surface area (Å²) in [5, 5.41) is 24.3. The monoisotopic (exact) mass is 402 g/mol. The van der Waals surface area contributed by atoms with Crippen molar-refractivity contribution in [3.63, 3.8) is 0 Å². The molecule has 8 nitrogen and oxygen atoms in total. The van der Waals surface area contributed by atoms with Crippen molar-refractivity contribution >= 4 is 0 Å². The normalized spacial score (nSPS) is 11.1. The van der Waals surface area contributed by atoms with Crippen LogP contribution in [0.5, 0.6) is 0 Å². The summed E-state index contributed by atoms with van der Waals surface area (Å²) in [5.74, 6) is 0. The Morgan fingerprint density at radius 2 is 1.03 bits per heavy atom. The van der Waals surface area contributed by atoms with E-state index in [0.29, 0.717) is 26.2 Å². The van der Waals surface area contributed by atoms with E-state index < -0.39 is 0 Å². The molecular weight excluding hydrogens is 376 g/mol. The van der Waals surface area contributed by atoms with Gasteiger partial charge in [0.1, 0.15) is 22.8 Å². The van der Waals surface area contributed by atoms with Gasteiger partial charge in [0.15, 0.2) is 0 Å². The predicted octanol–water partition coefficient (Wildman–Crippen LogP) is 2.07. The molecular formula is C22H26N8. The fourth-order valence-electron chi connectivity index (χ4n) is 3.52. The van der Waals surface area contributed by atoms with E-state index in [0.717, 1.165) is 33.9 Å². The average Bonchev–Trinajstić information content (AvgIpc) is 3.33. The third kappa shape index (κ3) is 4.29. The fraction of sp³-hybridized carbons (Fsp3) is 0.273. The van der Waals surface area contributed by atoms with Gasteiger partial charge in [0.25, 0.3) is 0 Å². The van der Waals surface area contributed by atoms with E-state index in [1.807, 2.05) is 59.9 Å². The van der Waals surface area contributed by atoms with E-state index in [-0.39, 0.29) is 0 Å². The van der Waals surface area contributed by atoms with Crippen molar-refractivity contribution in [3.05, 3.63) is 83.2 Å². The lowest BCUT2D eigenvalue weighted by atomic mass is 10.1. The molecule has 0 spiro atoms. The third-order valence-electron chi connectivity index (χ3n) is 4.87. The molecule has 4 rings (SSSR count). The van der Waals surface area contributed by atoms with Crippen LogP contribution >= 0.6 is 0 Å². The molecule has 4 aromatic rings. The number of aromatic nitrogens is 6. The number of nitrogens with one attached hydrogen (secondary N) is 2. The highest BCUT2D eigenvalue weighted by molar-refractivity contribution is 5.61. The maximum absolute atomic E-state index is 4.47. The van der Waals surface area contributed by atoms with Gasteiger partial charge in [-0.3, -0.25) is 0 Å². The molecule has 2 aromatic carbocycles. The van der Waals surface area contributed by atoms with Gasteiger partial charge in [0.2, 0.25) is 0 Å². The lowest BCUT2D eigenvalue weighted by Gasteiger charge is -2.12. The van der Waals surface area contributed by atoms with Gasteiger partial charge < -0.3 is 10.6 Å². The number of rotatable bonds is 9. The highest BCUT2D eigenvalue weighted by Crippen LogP contribution is 2.27. The molecule has 0 fully saturated rings. The van der Waals surface area contributed by atoms with Gasteiger partial charge in [0.05, 0.1) is 13.1 Å². The Kier molecular flexibility index (Phi) is 6.26. The number of nitrogens with zero attached hydrogens (tertiary/aromatic N) is 6. The molecule has 8 heteroatoms. The minimum atomic E-state index is 0.611. The summed E-state index contributed by atoms with van der Waals surface area (Å²) >= 11 is 0. The van der Waals surface area contributed by atoms with Gasteiger partial charge in [-0.2, -0.15) is 0 Å². The number of hydrogen-bond donors (Lipinski definition) is 2. The second kappa shape index (κ2) is 9.43. The van der Waals surface area contributed by atoms with Gasteiger partial charge >= 0.3 is 0 Å². The van der Waals surface area contributed by atoms with Crippen molar-refractivity contribution in [2.45, 2.75) is 26.2 Å². The summed E-state index contributed by atoms with van der Waals surface area (Å²) in [6.45, 7) is 2.48. The molecule has 0 saturated heterocycles. The minimum Gasteiger partial charge on any atom is -0.314 e. The second-order valence-corrected chi connectivity index (χ2v) is 7.12. The first-order valence-electron chi connectivity index (χ1n) is 10.0. The summed E-state index contributed by atoms with van der Waals surface area (Å²) < 4.78 is 3.89. The highest BCUT2D eigenvalue weighted by atomic mass is 15.5. The smallest absolute Gasteiger partial charge is 0.114 e. The molecule has 0 amide bonds. The van der Waals surface area contributed by atoms with Crippen LogP contribution in [0.4, 0.5) is 0 Å². The van der Waals surface area contributed by atoms with E-state index in [4.69, 9.17) is 0 Å². The lowest BCUT2D eigenvalue weighted by Crippen LogP contribution is -2.14. The summed E-state index contributed by atoms with van der Waals surface area (Å²) in [5.41, 5.74) is 5.97. The van der Waals surface area contributed by atoms with Crippen LogP contribution in [0.2, 0.25) is 0 Å². The van der Waals surface area contributed by atoms with Crippen LogP contribution in [0.3, 0.4) is 0 Å². The molecule has 0 aliphatic rings. The Morgan fingerprint density at radius 3 is 1.40 bits per heavy atom. The molecule has 0 unspecified atom stereocenters. The SMILES string of the molecule is CNCc1nnn(Cc2ccccc2)c1-c1c(CNC)nnn1Cc1ccccc1. The number of benzene rings is 2. The molecule has 0 bridgehead atoms. The topological polar surface area (TPSA) is 85.5 Å². The zero-order valence-corrected chi connectivity index (χ0v) is 17.3. The molecule has 0 atom stereocenters. The zero-order chi connectivity index (χ0) is 20.8. The van der Waals surface area contributed by atoms with Crippen LogP contribution in [-0.2, 0) is 26.2 Å². The zero-order valence-electron chi connectivity index (χ0n) is 17.3. The van der Waals surface area contributed by atoms with Crippen molar-refractivity contribution < 1.29 is 0 Å². The minimum absolute atomic E-state index is 0.611.